The normalized spacial score (nSPS) is 11.8. The first-order valence-corrected chi connectivity index (χ1v) is 5.02. The number of carbonyl (C=O) groups excluding carboxylic acids is 1. The summed E-state index contributed by atoms with van der Waals surface area (Å²) in [5.41, 5.74) is -1.13. The Morgan fingerprint density at radius 1 is 1.28 bits per heavy atom. The molecule has 0 heterocycles. The molecule has 96 valence electrons. The Bertz CT molecular complexity index is 513. The summed E-state index contributed by atoms with van der Waals surface area (Å²) in [6.45, 7) is 1.53. The average Bonchev–Trinajstić information content (AvgIpc) is 2.29. The number of rotatable bonds is 5. The van der Waals surface area contributed by atoms with Crippen molar-refractivity contribution in [3.8, 4) is 0 Å². The van der Waals surface area contributed by atoms with Crippen LogP contribution in [0, 0.1) is 20.2 Å². The van der Waals surface area contributed by atoms with E-state index < -0.39 is 33.1 Å². The first kappa shape index (κ1) is 13.6. The summed E-state index contributed by atoms with van der Waals surface area (Å²) in [5.74, 6) is -2.61. The van der Waals surface area contributed by atoms with E-state index in [9.17, 15) is 30.1 Å². The first-order chi connectivity index (χ1) is 8.38. The molecule has 0 radical (unpaired) electrons. The van der Waals surface area contributed by atoms with Crippen molar-refractivity contribution < 1.29 is 19.7 Å². The maximum absolute atomic E-state index is 10.9. The van der Waals surface area contributed by atoms with Gasteiger partial charge in [0, 0.05) is 23.5 Å². The van der Waals surface area contributed by atoms with Crippen LogP contribution in [0.25, 0.3) is 0 Å². The van der Waals surface area contributed by atoms with Crippen molar-refractivity contribution in [2.45, 2.75) is 19.3 Å². The summed E-state index contributed by atoms with van der Waals surface area (Å²) < 4.78 is 0. The zero-order chi connectivity index (χ0) is 13.9. The van der Waals surface area contributed by atoms with Gasteiger partial charge in [-0.25, -0.2) is 0 Å². The van der Waals surface area contributed by atoms with Crippen molar-refractivity contribution in [2.24, 2.45) is 0 Å². The molecule has 8 nitrogen and oxygen atoms in total. The van der Waals surface area contributed by atoms with Crippen molar-refractivity contribution in [1.82, 2.24) is 0 Å². The molecule has 0 N–H and O–H groups in total. The number of benzene rings is 1. The minimum atomic E-state index is -1.45. The van der Waals surface area contributed by atoms with E-state index in [1.54, 1.807) is 0 Å². The number of hydrogen-bond acceptors (Lipinski definition) is 6. The van der Waals surface area contributed by atoms with Gasteiger partial charge in [0.1, 0.15) is 0 Å². The molecular weight excluding hydrogens is 244 g/mol. The fourth-order valence-electron chi connectivity index (χ4n) is 1.61. The van der Waals surface area contributed by atoms with Crippen LogP contribution in [0.5, 0.6) is 0 Å². The van der Waals surface area contributed by atoms with E-state index in [1.807, 2.05) is 0 Å². The van der Waals surface area contributed by atoms with Crippen LogP contribution in [-0.4, -0.2) is 15.8 Å². The van der Waals surface area contributed by atoms with Crippen molar-refractivity contribution in [2.75, 3.05) is 0 Å². The maximum atomic E-state index is 10.9. The third-order valence-corrected chi connectivity index (χ3v) is 2.49. The second-order valence-electron chi connectivity index (χ2n) is 3.54. The summed E-state index contributed by atoms with van der Waals surface area (Å²) in [4.78, 5) is 30.6. The molecule has 1 aromatic rings. The fourth-order valence-corrected chi connectivity index (χ4v) is 1.61. The quantitative estimate of drug-likeness (QED) is 0.562. The lowest BCUT2D eigenvalue weighted by Crippen LogP contribution is -2.29. The van der Waals surface area contributed by atoms with Gasteiger partial charge in [-0.2, -0.15) is 0 Å². The van der Waals surface area contributed by atoms with Crippen LogP contribution in [0.1, 0.15) is 24.8 Å². The van der Waals surface area contributed by atoms with E-state index in [-0.39, 0.29) is 12.0 Å². The van der Waals surface area contributed by atoms with Crippen LogP contribution in [0.2, 0.25) is 0 Å². The molecule has 1 aromatic carbocycles. The van der Waals surface area contributed by atoms with Crippen LogP contribution in [0.3, 0.4) is 0 Å². The summed E-state index contributed by atoms with van der Waals surface area (Å²) in [5, 5.41) is 32.2. The molecule has 0 fully saturated rings. The Morgan fingerprint density at radius 2 is 1.89 bits per heavy atom. The number of non-ortho nitro benzene ring substituents is 1. The molecule has 0 bridgehead atoms. The maximum Gasteiger partial charge on any atom is 0.280 e. The van der Waals surface area contributed by atoms with Gasteiger partial charge in [-0.1, -0.05) is 6.92 Å². The molecule has 0 aliphatic heterocycles. The minimum absolute atomic E-state index is 0.0897. The number of carboxylic acid groups (broad SMARTS) is 1. The molecule has 0 aliphatic carbocycles. The molecule has 0 saturated carbocycles. The van der Waals surface area contributed by atoms with Gasteiger partial charge in [-0.05, 0) is 12.5 Å². The molecule has 0 saturated heterocycles. The summed E-state index contributed by atoms with van der Waals surface area (Å²) >= 11 is 0. The van der Waals surface area contributed by atoms with Gasteiger partial charge in [0.25, 0.3) is 11.4 Å². The highest BCUT2D eigenvalue weighted by molar-refractivity contribution is 5.76. The van der Waals surface area contributed by atoms with Crippen molar-refractivity contribution in [3.63, 3.8) is 0 Å². The third kappa shape index (κ3) is 2.59. The summed E-state index contributed by atoms with van der Waals surface area (Å²) in [7, 11) is 0. The van der Waals surface area contributed by atoms with Crippen LogP contribution in [0.4, 0.5) is 11.4 Å². The predicted molar refractivity (Wildman–Crippen MR) is 57.8 cm³/mol. The van der Waals surface area contributed by atoms with Crippen molar-refractivity contribution in [3.05, 3.63) is 44.0 Å². The number of nitro groups is 2. The van der Waals surface area contributed by atoms with Crippen LogP contribution < -0.4 is 5.11 Å². The monoisotopic (exact) mass is 253 g/mol. The van der Waals surface area contributed by atoms with Gasteiger partial charge in [0.15, 0.2) is 0 Å². The number of nitrogens with zero attached hydrogens (tertiary/aromatic N) is 2. The summed E-state index contributed by atoms with van der Waals surface area (Å²) in [6, 6.07) is 2.87. The van der Waals surface area contributed by atoms with Crippen LogP contribution in [-0.2, 0) is 4.79 Å². The van der Waals surface area contributed by atoms with Gasteiger partial charge in [-0.15, -0.1) is 0 Å². The van der Waals surface area contributed by atoms with E-state index in [2.05, 4.69) is 0 Å². The third-order valence-electron chi connectivity index (χ3n) is 2.49. The molecule has 0 amide bonds. The Labute approximate surface area is 101 Å². The molecule has 0 aromatic heterocycles. The first-order valence-electron chi connectivity index (χ1n) is 5.02. The molecule has 8 heteroatoms. The number of carboxylic acids is 1. The van der Waals surface area contributed by atoms with Crippen LogP contribution in [0.15, 0.2) is 18.2 Å². The van der Waals surface area contributed by atoms with E-state index in [0.717, 1.165) is 18.2 Å². The molecule has 1 atom stereocenters. The second-order valence-corrected chi connectivity index (χ2v) is 3.54. The number of aliphatic carboxylic acids is 1. The van der Waals surface area contributed by atoms with Crippen molar-refractivity contribution in [1.29, 1.82) is 0 Å². The molecule has 1 unspecified atom stereocenters. The molecule has 1 rings (SSSR count). The highest BCUT2D eigenvalue weighted by Gasteiger charge is 2.24. The fraction of sp³-hybridized carbons (Fsp3) is 0.300. The van der Waals surface area contributed by atoms with Gasteiger partial charge in [0.05, 0.1) is 15.9 Å². The Balaban J connectivity index is 3.40. The van der Waals surface area contributed by atoms with E-state index in [1.165, 1.54) is 6.92 Å². The van der Waals surface area contributed by atoms with E-state index in [4.69, 9.17) is 0 Å². The number of nitro benzene ring substituents is 2. The van der Waals surface area contributed by atoms with Gasteiger partial charge in [-0.3, -0.25) is 20.2 Å². The molecule has 18 heavy (non-hydrogen) atoms. The summed E-state index contributed by atoms with van der Waals surface area (Å²) in [6.07, 6.45) is 0.0982. The number of hydrogen-bond donors (Lipinski definition) is 0. The molecule has 0 aliphatic rings. The van der Waals surface area contributed by atoms with Crippen LogP contribution >= 0.6 is 0 Å². The second kappa shape index (κ2) is 5.21. The lowest BCUT2D eigenvalue weighted by Gasteiger charge is -2.15. The van der Waals surface area contributed by atoms with E-state index in [0.29, 0.717) is 0 Å². The average molecular weight is 253 g/mol. The standard InChI is InChI=1S/C10H10N2O6/c1-2-7(10(13)14)8-4-3-6(11(15)16)5-9(8)12(17)18/h3-5,7H,2H2,1H3,(H,13,14)/p-1. The Morgan fingerprint density at radius 3 is 2.28 bits per heavy atom. The topological polar surface area (TPSA) is 126 Å². The molecule has 0 spiro atoms. The highest BCUT2D eigenvalue weighted by atomic mass is 16.6. The van der Waals surface area contributed by atoms with Gasteiger partial charge < -0.3 is 9.90 Å². The zero-order valence-corrected chi connectivity index (χ0v) is 9.36. The van der Waals surface area contributed by atoms with Gasteiger partial charge in [0.2, 0.25) is 0 Å². The minimum Gasteiger partial charge on any atom is -0.549 e. The lowest BCUT2D eigenvalue weighted by atomic mass is 9.95. The number of carbonyl (C=O) groups is 1. The zero-order valence-electron chi connectivity index (χ0n) is 9.36. The van der Waals surface area contributed by atoms with Crippen molar-refractivity contribution >= 4 is 17.3 Å². The highest BCUT2D eigenvalue weighted by Crippen LogP contribution is 2.31. The Kier molecular flexibility index (Phi) is 3.93. The SMILES string of the molecule is CCC(C(=O)[O-])c1ccc([N+](=O)[O-])cc1[N+](=O)[O-]. The lowest BCUT2D eigenvalue weighted by molar-refractivity contribution is -0.394. The van der Waals surface area contributed by atoms with E-state index >= 15 is 0 Å². The molecular formula is C10H9N2O6-. The van der Waals surface area contributed by atoms with Gasteiger partial charge >= 0.3 is 0 Å². The largest absolute Gasteiger partial charge is 0.549 e. The smallest absolute Gasteiger partial charge is 0.280 e. The Hall–Kier alpha value is -2.51. The predicted octanol–water partition coefficient (Wildman–Crippen LogP) is 0.746.